The Bertz CT molecular complexity index is 378. The Balaban J connectivity index is 2.68. The van der Waals surface area contributed by atoms with Crippen LogP contribution in [0.15, 0.2) is 18.2 Å². The summed E-state index contributed by atoms with van der Waals surface area (Å²) in [5, 5.41) is 2.54. The summed E-state index contributed by atoms with van der Waals surface area (Å²) in [5.41, 5.74) is 6.61. The van der Waals surface area contributed by atoms with Crippen LogP contribution in [0.4, 0.5) is 10.1 Å². The number of aryl methyl sites for hydroxylation is 1. The van der Waals surface area contributed by atoms with Gasteiger partial charge in [-0.3, -0.25) is 4.79 Å². The minimum atomic E-state index is -0.596. The number of halogens is 1. The van der Waals surface area contributed by atoms with Crippen LogP contribution in [0, 0.1) is 12.7 Å². The molecule has 0 aliphatic rings. The Morgan fingerprint density at radius 2 is 2.29 bits per heavy atom. The van der Waals surface area contributed by atoms with Gasteiger partial charge < -0.3 is 11.1 Å². The molecule has 0 radical (unpaired) electrons. The van der Waals surface area contributed by atoms with Gasteiger partial charge in [0.05, 0.1) is 11.7 Å². The molecule has 0 saturated heterocycles. The molecule has 0 bridgehead atoms. The minimum Gasteiger partial charge on any atom is -0.322 e. The molecule has 0 aliphatic heterocycles. The number of nitrogens with two attached hydrogens (primary N) is 1. The van der Waals surface area contributed by atoms with Gasteiger partial charge in [-0.15, -0.1) is 0 Å². The molecule has 3 N–H and O–H groups in total. The Hall–Kier alpha value is -1.07. The molecule has 0 fully saturated rings. The summed E-state index contributed by atoms with van der Waals surface area (Å²) in [4.78, 5) is 11.7. The number of benzene rings is 1. The zero-order chi connectivity index (χ0) is 12.8. The fourth-order valence-corrected chi connectivity index (χ4v) is 1.87. The highest BCUT2D eigenvalue weighted by Gasteiger charge is 2.15. The van der Waals surface area contributed by atoms with E-state index in [9.17, 15) is 9.18 Å². The molecule has 5 heteroatoms. The smallest absolute Gasteiger partial charge is 0.241 e. The van der Waals surface area contributed by atoms with E-state index in [4.69, 9.17) is 5.73 Å². The number of nitrogens with one attached hydrogen (secondary N) is 1. The van der Waals surface area contributed by atoms with Crippen LogP contribution in [0.2, 0.25) is 0 Å². The summed E-state index contributed by atoms with van der Waals surface area (Å²) >= 11 is 1.63. The lowest BCUT2D eigenvalue weighted by Crippen LogP contribution is -2.36. The predicted molar refractivity (Wildman–Crippen MR) is 70.7 cm³/mol. The Kier molecular flexibility index (Phi) is 5.44. The number of rotatable bonds is 5. The van der Waals surface area contributed by atoms with Crippen LogP contribution in [0.25, 0.3) is 0 Å². The number of carbonyl (C=O) groups is 1. The zero-order valence-corrected chi connectivity index (χ0v) is 10.8. The van der Waals surface area contributed by atoms with Crippen molar-refractivity contribution in [3.8, 4) is 0 Å². The summed E-state index contributed by atoms with van der Waals surface area (Å²) < 4.78 is 13.5. The second-order valence-electron chi connectivity index (χ2n) is 3.81. The number of hydrogen-bond acceptors (Lipinski definition) is 3. The second kappa shape index (κ2) is 6.61. The lowest BCUT2D eigenvalue weighted by atomic mass is 10.1. The molecule has 1 aromatic carbocycles. The van der Waals surface area contributed by atoms with Crippen molar-refractivity contribution in [1.82, 2.24) is 0 Å². The first kappa shape index (κ1) is 14.0. The van der Waals surface area contributed by atoms with Crippen LogP contribution in [0.1, 0.15) is 12.0 Å². The molecule has 3 nitrogen and oxygen atoms in total. The molecule has 0 heterocycles. The van der Waals surface area contributed by atoms with Gasteiger partial charge in [-0.05, 0) is 37.0 Å². The molecule has 1 amide bonds. The van der Waals surface area contributed by atoms with Crippen LogP contribution in [-0.4, -0.2) is 24.0 Å². The van der Waals surface area contributed by atoms with Crippen molar-refractivity contribution >= 4 is 23.4 Å². The number of hydrogen-bond donors (Lipinski definition) is 2. The first-order valence-electron chi connectivity index (χ1n) is 5.36. The Morgan fingerprint density at radius 1 is 1.59 bits per heavy atom. The van der Waals surface area contributed by atoms with E-state index in [-0.39, 0.29) is 11.6 Å². The Morgan fingerprint density at radius 3 is 2.88 bits per heavy atom. The zero-order valence-electron chi connectivity index (χ0n) is 10.00. The standard InChI is InChI=1S/C12H17FN2OS/c1-8-4-3-5-9(13)11(8)15-12(16)10(14)6-7-17-2/h3-5,10H,6-7,14H2,1-2H3,(H,15,16)/t10-/m1/s1. The average Bonchev–Trinajstić information content (AvgIpc) is 2.30. The molecule has 94 valence electrons. The van der Waals surface area contributed by atoms with Crippen molar-refractivity contribution in [2.45, 2.75) is 19.4 Å². The molecule has 0 unspecified atom stereocenters. The number of thioether (sulfide) groups is 1. The number of anilines is 1. The second-order valence-corrected chi connectivity index (χ2v) is 4.79. The SMILES string of the molecule is CSCC[C@@H](N)C(=O)Nc1c(C)cccc1F. The highest BCUT2D eigenvalue weighted by atomic mass is 32.2. The van der Waals surface area contributed by atoms with E-state index in [2.05, 4.69) is 5.32 Å². The van der Waals surface area contributed by atoms with Crippen LogP contribution >= 0.6 is 11.8 Å². The van der Waals surface area contributed by atoms with Gasteiger partial charge in [0.25, 0.3) is 0 Å². The molecule has 17 heavy (non-hydrogen) atoms. The van der Waals surface area contributed by atoms with Crippen molar-refractivity contribution in [3.05, 3.63) is 29.6 Å². The van der Waals surface area contributed by atoms with Gasteiger partial charge in [-0.25, -0.2) is 4.39 Å². The van der Waals surface area contributed by atoms with Crippen molar-refractivity contribution in [2.75, 3.05) is 17.3 Å². The van der Waals surface area contributed by atoms with E-state index >= 15 is 0 Å². The summed E-state index contributed by atoms with van der Waals surface area (Å²) in [5.74, 6) is 0.0350. The molecule has 0 saturated carbocycles. The van der Waals surface area contributed by atoms with Crippen LogP contribution < -0.4 is 11.1 Å². The molecule has 0 spiro atoms. The topological polar surface area (TPSA) is 55.1 Å². The van der Waals surface area contributed by atoms with Gasteiger partial charge in [0.2, 0.25) is 5.91 Å². The minimum absolute atomic E-state index is 0.220. The maximum absolute atomic E-state index is 13.5. The van der Waals surface area contributed by atoms with Crippen molar-refractivity contribution in [3.63, 3.8) is 0 Å². The van der Waals surface area contributed by atoms with E-state index in [1.54, 1.807) is 30.8 Å². The summed E-state index contributed by atoms with van der Waals surface area (Å²) in [6.07, 6.45) is 2.53. The van der Waals surface area contributed by atoms with Gasteiger partial charge in [0, 0.05) is 0 Å². The fourth-order valence-electron chi connectivity index (χ4n) is 1.38. The summed E-state index contributed by atoms with van der Waals surface area (Å²) in [7, 11) is 0. The number of para-hydroxylation sites is 1. The number of carbonyl (C=O) groups excluding carboxylic acids is 1. The van der Waals surface area contributed by atoms with E-state index in [1.807, 2.05) is 6.26 Å². The van der Waals surface area contributed by atoms with Crippen LogP contribution in [-0.2, 0) is 4.79 Å². The van der Waals surface area contributed by atoms with Crippen molar-refractivity contribution < 1.29 is 9.18 Å². The molecular formula is C12H17FN2OS. The van der Waals surface area contributed by atoms with E-state index < -0.39 is 11.9 Å². The van der Waals surface area contributed by atoms with Crippen molar-refractivity contribution in [2.24, 2.45) is 5.73 Å². The number of amides is 1. The molecule has 1 atom stereocenters. The third kappa shape index (κ3) is 4.02. The third-order valence-corrected chi connectivity index (χ3v) is 3.08. The summed E-state index contributed by atoms with van der Waals surface area (Å²) in [6, 6.07) is 4.07. The lowest BCUT2D eigenvalue weighted by molar-refractivity contribution is -0.117. The maximum Gasteiger partial charge on any atom is 0.241 e. The van der Waals surface area contributed by atoms with E-state index in [0.29, 0.717) is 12.0 Å². The quantitative estimate of drug-likeness (QED) is 0.848. The fraction of sp³-hybridized carbons (Fsp3) is 0.417. The van der Waals surface area contributed by atoms with Crippen molar-refractivity contribution in [1.29, 1.82) is 0 Å². The Labute approximate surface area is 105 Å². The van der Waals surface area contributed by atoms with Gasteiger partial charge in [-0.2, -0.15) is 11.8 Å². The van der Waals surface area contributed by atoms with Gasteiger partial charge in [0.15, 0.2) is 0 Å². The first-order chi connectivity index (χ1) is 8.06. The molecule has 0 aliphatic carbocycles. The van der Waals surface area contributed by atoms with E-state index in [1.165, 1.54) is 6.07 Å². The summed E-state index contributed by atoms with van der Waals surface area (Å²) in [6.45, 7) is 1.74. The van der Waals surface area contributed by atoms with Gasteiger partial charge in [0.1, 0.15) is 5.82 Å². The van der Waals surface area contributed by atoms with Crippen LogP contribution in [0.5, 0.6) is 0 Å². The van der Waals surface area contributed by atoms with Crippen LogP contribution in [0.3, 0.4) is 0 Å². The predicted octanol–water partition coefficient (Wildman–Crippen LogP) is 2.15. The highest BCUT2D eigenvalue weighted by molar-refractivity contribution is 7.98. The lowest BCUT2D eigenvalue weighted by Gasteiger charge is -2.13. The molecule has 1 aromatic rings. The average molecular weight is 256 g/mol. The largest absolute Gasteiger partial charge is 0.322 e. The van der Waals surface area contributed by atoms with Gasteiger partial charge >= 0.3 is 0 Å². The molecule has 0 aromatic heterocycles. The maximum atomic E-state index is 13.5. The molecular weight excluding hydrogens is 239 g/mol. The molecule has 1 rings (SSSR count). The third-order valence-electron chi connectivity index (χ3n) is 2.44. The first-order valence-corrected chi connectivity index (χ1v) is 6.76. The van der Waals surface area contributed by atoms with E-state index in [0.717, 1.165) is 5.75 Å². The highest BCUT2D eigenvalue weighted by Crippen LogP contribution is 2.18. The van der Waals surface area contributed by atoms with Gasteiger partial charge in [-0.1, -0.05) is 12.1 Å². The normalized spacial score (nSPS) is 12.2. The monoisotopic (exact) mass is 256 g/mol.